The predicted octanol–water partition coefficient (Wildman–Crippen LogP) is 2.88. The van der Waals surface area contributed by atoms with Crippen molar-refractivity contribution in [2.75, 3.05) is 18.9 Å². The number of rotatable bonds is 12. The zero-order valence-corrected chi connectivity index (χ0v) is 24.1. The number of ether oxygens (including phenoxy) is 4. The van der Waals surface area contributed by atoms with E-state index < -0.39 is 55.2 Å². The van der Waals surface area contributed by atoms with E-state index in [1.165, 1.54) is 17.8 Å². The molecule has 5 rings (SSSR count). The third-order valence-electron chi connectivity index (χ3n) is 7.06. The lowest BCUT2D eigenvalue weighted by atomic mass is 9.94. The van der Waals surface area contributed by atoms with E-state index in [0.717, 1.165) is 5.56 Å². The van der Waals surface area contributed by atoms with E-state index in [0.29, 0.717) is 17.9 Å². The largest absolute Gasteiger partial charge is 0.489 e. The van der Waals surface area contributed by atoms with Crippen LogP contribution in [0.3, 0.4) is 0 Å². The van der Waals surface area contributed by atoms with Crippen molar-refractivity contribution >= 4 is 40.5 Å². The average molecular weight is 630 g/mol. The summed E-state index contributed by atoms with van der Waals surface area (Å²) in [6.07, 6.45) is -5.84. The summed E-state index contributed by atoms with van der Waals surface area (Å²) in [4.78, 5) is 37.6. The molecular weight excluding hydrogens is 601 g/mol. The minimum absolute atomic E-state index is 0.0379. The third kappa shape index (κ3) is 6.28. The number of benzene rings is 2. The molecule has 232 valence electrons. The number of carbonyl (C=O) groups is 2. The summed E-state index contributed by atoms with van der Waals surface area (Å²) in [5.41, 5.74) is 4.88. The van der Waals surface area contributed by atoms with Gasteiger partial charge in [-0.3, -0.25) is 4.57 Å². The summed E-state index contributed by atoms with van der Waals surface area (Å²) >= 11 is 5.90. The number of aromatic nitrogens is 4. The molecule has 1 saturated heterocycles. The van der Waals surface area contributed by atoms with Gasteiger partial charge >= 0.3 is 11.9 Å². The van der Waals surface area contributed by atoms with Gasteiger partial charge in [-0.15, -0.1) is 0 Å². The highest BCUT2D eigenvalue weighted by Crippen LogP contribution is 2.35. The van der Waals surface area contributed by atoms with Gasteiger partial charge in [-0.2, -0.15) is 9.97 Å². The van der Waals surface area contributed by atoms with Crippen molar-refractivity contribution in [1.82, 2.24) is 19.5 Å². The normalized spacial score (nSPS) is 21.2. The number of nitrogens with two attached hydrogens (primary N) is 1. The number of carboxylic acid groups (broad SMARTS) is 1. The number of carbonyl (C=O) groups excluding carboxylic acids is 1. The van der Waals surface area contributed by atoms with Gasteiger partial charge < -0.3 is 34.9 Å². The topological polar surface area (TPSA) is 181 Å². The van der Waals surface area contributed by atoms with E-state index in [1.807, 2.05) is 30.3 Å². The summed E-state index contributed by atoms with van der Waals surface area (Å²) in [5, 5.41) is 20.7. The molecule has 1 aliphatic rings. The van der Waals surface area contributed by atoms with Crippen LogP contribution in [0.15, 0.2) is 60.9 Å². The van der Waals surface area contributed by atoms with Crippen LogP contribution in [0, 0.1) is 0 Å². The molecule has 0 saturated carbocycles. The maximum Gasteiger partial charge on any atom is 0.350 e. The Labute approximate surface area is 255 Å². The maximum atomic E-state index is 15.3. The Morgan fingerprint density at radius 1 is 1.14 bits per heavy atom. The summed E-state index contributed by atoms with van der Waals surface area (Å²) in [6, 6.07) is 16.0. The van der Waals surface area contributed by atoms with Gasteiger partial charge in [0.15, 0.2) is 23.9 Å². The minimum atomic E-state index is -2.54. The second-order valence-corrected chi connectivity index (χ2v) is 10.3. The number of aliphatic carboxylic acids is 1. The number of hydrogen-bond donors (Lipinski definition) is 3. The van der Waals surface area contributed by atoms with Crippen molar-refractivity contribution in [3.8, 4) is 5.75 Å². The van der Waals surface area contributed by atoms with E-state index in [1.54, 1.807) is 24.3 Å². The zero-order valence-electron chi connectivity index (χ0n) is 23.4. The van der Waals surface area contributed by atoms with Crippen LogP contribution >= 0.6 is 11.6 Å². The van der Waals surface area contributed by atoms with Crippen molar-refractivity contribution < 1.29 is 43.1 Å². The van der Waals surface area contributed by atoms with E-state index in [2.05, 4.69) is 15.0 Å². The lowest BCUT2D eigenvalue weighted by Crippen LogP contribution is -2.53. The highest BCUT2D eigenvalue weighted by Gasteiger charge is 2.52. The maximum absolute atomic E-state index is 15.3. The fraction of sp³-hybridized carbons (Fsp3) is 0.345. The number of aliphatic hydroxyl groups excluding tert-OH is 1. The molecule has 15 heteroatoms. The molecule has 13 nitrogen and oxygen atoms in total. The summed E-state index contributed by atoms with van der Waals surface area (Å²) < 4.78 is 38.8. The molecule has 3 heterocycles. The number of imidazole rings is 1. The fourth-order valence-electron chi connectivity index (χ4n) is 4.77. The standard InChI is InChI=1S/C29H29ClFN5O8/c1-2-41-27(40)29(26(38)39,12-16-8-10-18(11-9-16)42-13-17-6-4-3-5-7-17)43-14-19-22(37)20(31)25(44-19)36-15-33-21-23(32)34-28(30)35-24(21)36/h3-11,15,19-20,22,25,37H,2,12-14H2,1H3,(H,38,39)(H2,32,34,35)/t19-,20+,22-,25-,29?/m1/s1. The monoisotopic (exact) mass is 629 g/mol. The van der Waals surface area contributed by atoms with Gasteiger partial charge in [0.2, 0.25) is 5.28 Å². The molecule has 2 aromatic heterocycles. The molecule has 0 amide bonds. The number of alkyl halides is 1. The number of carboxylic acids is 1. The Morgan fingerprint density at radius 3 is 2.55 bits per heavy atom. The van der Waals surface area contributed by atoms with Gasteiger partial charge in [-0.1, -0.05) is 42.5 Å². The van der Waals surface area contributed by atoms with Gasteiger partial charge in [0, 0.05) is 6.42 Å². The molecule has 2 aromatic carbocycles. The fourth-order valence-corrected chi connectivity index (χ4v) is 4.94. The van der Waals surface area contributed by atoms with Crippen LogP contribution in [-0.4, -0.2) is 78.9 Å². The summed E-state index contributed by atoms with van der Waals surface area (Å²) in [7, 11) is 0. The summed E-state index contributed by atoms with van der Waals surface area (Å²) in [5.74, 6) is -2.31. The van der Waals surface area contributed by atoms with Crippen LogP contribution in [0.2, 0.25) is 5.28 Å². The molecule has 4 aromatic rings. The van der Waals surface area contributed by atoms with Crippen LogP contribution in [-0.2, 0) is 36.8 Å². The van der Waals surface area contributed by atoms with Crippen molar-refractivity contribution in [3.05, 3.63) is 77.3 Å². The van der Waals surface area contributed by atoms with Gasteiger partial charge in [-0.05, 0) is 41.8 Å². The quantitative estimate of drug-likeness (QED) is 0.119. The van der Waals surface area contributed by atoms with Crippen LogP contribution in [0.5, 0.6) is 5.75 Å². The molecule has 1 fully saturated rings. The SMILES string of the molecule is CCOC(=O)C(Cc1ccc(OCc2ccccc2)cc1)(OC[C@H]1O[C@@H](n2cnc3c(N)nc(Cl)nc32)[C@@H](F)[C@@H]1O)C(=O)O. The molecule has 0 bridgehead atoms. The van der Waals surface area contributed by atoms with Crippen molar-refractivity contribution in [1.29, 1.82) is 0 Å². The van der Waals surface area contributed by atoms with Gasteiger partial charge in [-0.25, -0.2) is 19.0 Å². The van der Waals surface area contributed by atoms with Crippen LogP contribution in [0.4, 0.5) is 10.2 Å². The Kier molecular flexibility index (Phi) is 9.25. The average Bonchev–Trinajstić information content (AvgIpc) is 3.55. The lowest BCUT2D eigenvalue weighted by molar-refractivity contribution is -0.193. The van der Waals surface area contributed by atoms with Gasteiger partial charge in [0.05, 0.1) is 19.5 Å². The third-order valence-corrected chi connectivity index (χ3v) is 7.23. The molecule has 1 unspecified atom stereocenters. The Bertz CT molecular complexity index is 1630. The second kappa shape index (κ2) is 13.1. The first kappa shape index (κ1) is 31.1. The number of nitrogens with zero attached hydrogens (tertiary/aromatic N) is 4. The second-order valence-electron chi connectivity index (χ2n) is 9.96. The number of hydrogen-bond acceptors (Lipinski definition) is 11. The molecule has 44 heavy (non-hydrogen) atoms. The van der Waals surface area contributed by atoms with E-state index in [9.17, 15) is 19.8 Å². The highest BCUT2D eigenvalue weighted by molar-refractivity contribution is 6.28. The number of fused-ring (bicyclic) bond motifs is 1. The first-order valence-electron chi connectivity index (χ1n) is 13.6. The van der Waals surface area contributed by atoms with Gasteiger partial charge in [0.25, 0.3) is 5.60 Å². The molecular formula is C29H29ClFN5O8. The van der Waals surface area contributed by atoms with Crippen molar-refractivity contribution in [2.45, 2.75) is 50.2 Å². The Balaban J connectivity index is 1.33. The first-order valence-corrected chi connectivity index (χ1v) is 13.9. The number of nitrogen functional groups attached to an aromatic ring is 1. The first-order chi connectivity index (χ1) is 21.1. The molecule has 0 aliphatic carbocycles. The molecule has 0 radical (unpaired) electrons. The molecule has 0 spiro atoms. The van der Waals surface area contributed by atoms with E-state index in [4.69, 9.17) is 36.3 Å². The zero-order chi connectivity index (χ0) is 31.4. The van der Waals surface area contributed by atoms with Crippen molar-refractivity contribution in [3.63, 3.8) is 0 Å². The molecule has 1 aliphatic heterocycles. The van der Waals surface area contributed by atoms with Crippen LogP contribution < -0.4 is 10.5 Å². The number of esters is 1. The van der Waals surface area contributed by atoms with Gasteiger partial charge in [0.1, 0.15) is 30.1 Å². The number of aliphatic hydroxyl groups is 1. The predicted molar refractivity (Wildman–Crippen MR) is 153 cm³/mol. The van der Waals surface area contributed by atoms with E-state index >= 15 is 4.39 Å². The number of halogens is 2. The lowest BCUT2D eigenvalue weighted by Gasteiger charge is -2.29. The molecule has 5 atom stereocenters. The number of anilines is 1. The Morgan fingerprint density at radius 2 is 1.86 bits per heavy atom. The van der Waals surface area contributed by atoms with Crippen molar-refractivity contribution in [2.24, 2.45) is 0 Å². The van der Waals surface area contributed by atoms with E-state index in [-0.39, 0.29) is 28.9 Å². The highest BCUT2D eigenvalue weighted by atomic mass is 35.5. The van der Waals surface area contributed by atoms with Crippen LogP contribution in [0.25, 0.3) is 11.2 Å². The smallest absolute Gasteiger partial charge is 0.350 e. The summed E-state index contributed by atoms with van der Waals surface area (Å²) in [6.45, 7) is 1.05. The Hall–Kier alpha value is -4.37. The molecule has 4 N–H and O–H groups in total. The minimum Gasteiger partial charge on any atom is -0.489 e. The van der Waals surface area contributed by atoms with Crippen LogP contribution in [0.1, 0.15) is 24.3 Å².